The van der Waals surface area contributed by atoms with Crippen molar-refractivity contribution in [2.45, 2.75) is 24.9 Å². The van der Waals surface area contributed by atoms with Crippen molar-refractivity contribution in [2.24, 2.45) is 0 Å². The van der Waals surface area contributed by atoms with E-state index in [0.29, 0.717) is 0 Å². The molecule has 30 heavy (non-hydrogen) atoms. The quantitative estimate of drug-likeness (QED) is 0.186. The molecule has 0 amide bonds. The number of nitrogens with two attached hydrogens (primary N) is 1. The number of ether oxygens (including phenoxy) is 1. The number of halogens is 2. The lowest BCUT2D eigenvalue weighted by Crippen LogP contribution is -2.32. The third kappa shape index (κ3) is 6.43. The van der Waals surface area contributed by atoms with E-state index in [0.717, 1.165) is 0 Å². The van der Waals surface area contributed by atoms with Crippen LogP contribution in [0.25, 0.3) is 0 Å². The maximum Gasteiger partial charge on any atom is 0.490 e. The number of hydrogen-bond acceptors (Lipinski definition) is 11. The number of aliphatic hydroxyl groups is 1. The lowest BCUT2D eigenvalue weighted by Gasteiger charge is -2.19. The Bertz CT molecular complexity index is 1010. The van der Waals surface area contributed by atoms with E-state index in [1.54, 1.807) is 0 Å². The van der Waals surface area contributed by atoms with Crippen LogP contribution in [0.1, 0.15) is 12.6 Å². The summed E-state index contributed by atoms with van der Waals surface area (Å²) in [5.74, 6) is -4.43. The first-order valence-electron chi connectivity index (χ1n) is 7.36. The number of hydrogen-bond donors (Lipinski definition) is 6. The lowest BCUT2D eigenvalue weighted by atomic mass is 10.2. The van der Waals surface area contributed by atoms with Crippen molar-refractivity contribution in [2.75, 3.05) is 12.3 Å². The first kappa shape index (κ1) is 25.1. The predicted molar refractivity (Wildman–Crippen MR) is 87.2 cm³/mol. The molecule has 2 rings (SSSR count). The highest BCUT2D eigenvalue weighted by molar-refractivity contribution is 7.66. The highest BCUT2D eigenvalue weighted by atomic mass is 31.3. The van der Waals surface area contributed by atoms with Crippen LogP contribution < -0.4 is 11.4 Å². The minimum absolute atomic E-state index is 0.0831. The molecule has 1 aromatic heterocycles. The Hall–Kier alpha value is -1.13. The topological polar surface area (TPSA) is 250 Å². The molecular formula is C9H14F2N3O13P3. The molecule has 1 saturated heterocycles. The molecule has 0 aromatic carbocycles. The Balaban J connectivity index is 2.07. The van der Waals surface area contributed by atoms with Gasteiger partial charge in [0.15, 0.2) is 5.82 Å². The summed E-state index contributed by atoms with van der Waals surface area (Å²) in [4.78, 5) is 50.0. The summed E-state index contributed by atoms with van der Waals surface area (Å²) in [6.07, 6.45) is -5.31. The van der Waals surface area contributed by atoms with Crippen molar-refractivity contribution in [3.05, 3.63) is 22.2 Å². The molecule has 0 saturated carbocycles. The van der Waals surface area contributed by atoms with Gasteiger partial charge in [-0.15, -0.1) is 0 Å². The summed E-state index contributed by atoms with van der Waals surface area (Å²) in [6.45, 7) is -1.07. The van der Waals surface area contributed by atoms with Crippen LogP contribution >= 0.6 is 23.5 Å². The van der Waals surface area contributed by atoms with Crippen molar-refractivity contribution in [3.8, 4) is 0 Å². The Morgan fingerprint density at radius 2 is 1.77 bits per heavy atom. The van der Waals surface area contributed by atoms with Crippen LogP contribution in [0, 0.1) is 11.8 Å². The summed E-state index contributed by atoms with van der Waals surface area (Å²) in [5.41, 5.74) is 3.64. The summed E-state index contributed by atoms with van der Waals surface area (Å²) in [5, 5.41) is 9.88. The van der Waals surface area contributed by atoms with E-state index in [9.17, 15) is 37.3 Å². The van der Waals surface area contributed by atoms with E-state index in [1.165, 1.54) is 0 Å². The van der Waals surface area contributed by atoms with Crippen molar-refractivity contribution in [1.82, 2.24) is 9.55 Å². The van der Waals surface area contributed by atoms with Crippen LogP contribution in [-0.4, -0.2) is 53.0 Å². The SMILES string of the molecule is Nc1nc(=O)n([C@H]2C[C@H](O)[C@@H](COP(=O)(O)OP(=O)(O)OP(=O)(O)O)O2)c(F)c1F. The van der Waals surface area contributed by atoms with E-state index < -0.39 is 78.2 Å². The Morgan fingerprint density at radius 1 is 1.17 bits per heavy atom. The molecule has 1 fully saturated rings. The Kier molecular flexibility index (Phi) is 7.36. The molecular weight excluding hydrogens is 489 g/mol. The number of anilines is 1. The van der Waals surface area contributed by atoms with Crippen LogP contribution in [0.2, 0.25) is 0 Å². The van der Waals surface area contributed by atoms with Gasteiger partial charge in [0.25, 0.3) is 0 Å². The fourth-order valence-electron chi connectivity index (χ4n) is 2.24. The maximum absolute atomic E-state index is 14.0. The van der Waals surface area contributed by atoms with Gasteiger partial charge in [0, 0.05) is 6.42 Å². The van der Waals surface area contributed by atoms with Crippen molar-refractivity contribution < 1.29 is 65.0 Å². The monoisotopic (exact) mass is 503 g/mol. The van der Waals surface area contributed by atoms with Gasteiger partial charge in [0.05, 0.1) is 12.7 Å². The van der Waals surface area contributed by atoms with Crippen molar-refractivity contribution >= 4 is 29.3 Å². The molecule has 2 heterocycles. The predicted octanol–water partition coefficient (Wildman–Crippen LogP) is -0.905. The first-order chi connectivity index (χ1) is 13.5. The van der Waals surface area contributed by atoms with Gasteiger partial charge in [-0.05, 0) is 0 Å². The van der Waals surface area contributed by atoms with Gasteiger partial charge >= 0.3 is 29.2 Å². The molecule has 16 nitrogen and oxygen atoms in total. The normalized spacial score (nSPS) is 26.3. The van der Waals surface area contributed by atoms with Gasteiger partial charge in [-0.3, -0.25) is 4.52 Å². The molecule has 5 atom stereocenters. The lowest BCUT2D eigenvalue weighted by molar-refractivity contribution is -0.0490. The molecule has 1 aromatic rings. The van der Waals surface area contributed by atoms with Crippen LogP contribution in [-0.2, 0) is 31.6 Å². The molecule has 0 spiro atoms. The summed E-state index contributed by atoms with van der Waals surface area (Å²) in [6, 6.07) is 0. The van der Waals surface area contributed by atoms with Crippen LogP contribution in [0.4, 0.5) is 14.6 Å². The summed E-state index contributed by atoms with van der Waals surface area (Å²) in [7, 11) is -16.9. The molecule has 21 heteroatoms. The fraction of sp³-hybridized carbons (Fsp3) is 0.556. The number of nitrogens with zero attached hydrogens (tertiary/aromatic N) is 2. The number of aromatic nitrogens is 2. The average molecular weight is 503 g/mol. The number of nitrogen functional groups attached to an aromatic ring is 1. The minimum atomic E-state index is -5.76. The zero-order chi connectivity index (χ0) is 23.1. The smallest absolute Gasteiger partial charge is 0.390 e. The summed E-state index contributed by atoms with van der Waals surface area (Å²) >= 11 is 0. The highest BCUT2D eigenvalue weighted by Gasteiger charge is 2.43. The summed E-state index contributed by atoms with van der Waals surface area (Å²) < 4.78 is 77.3. The number of phosphoric acid groups is 3. The van der Waals surface area contributed by atoms with Crippen LogP contribution in [0.5, 0.6) is 0 Å². The van der Waals surface area contributed by atoms with E-state index in [4.69, 9.17) is 25.2 Å². The third-order valence-corrected chi connectivity index (χ3v) is 7.15. The number of rotatable bonds is 8. The number of phosphoric ester groups is 1. The fourth-order valence-corrected chi connectivity index (χ4v) is 5.27. The van der Waals surface area contributed by atoms with Gasteiger partial charge in [0.1, 0.15) is 12.3 Å². The zero-order valence-corrected chi connectivity index (χ0v) is 16.9. The van der Waals surface area contributed by atoms with E-state index in [1.807, 2.05) is 0 Å². The van der Waals surface area contributed by atoms with Crippen LogP contribution in [0.15, 0.2) is 4.79 Å². The standard InChI is InChI=1S/C9H14F2N3O13P3/c10-6-7(11)14(9(16)13-8(6)12)5-1-3(15)4(25-5)2-24-29(20,21)27-30(22,23)26-28(17,18)19/h3-5,15H,1-2H2,(H,20,21)(H,22,23)(H2,12,13,16)(H2,17,18,19)/t3-,4+,5+/m0/s1. The van der Waals surface area contributed by atoms with Crippen molar-refractivity contribution in [1.29, 1.82) is 0 Å². The second kappa shape index (κ2) is 8.78. The number of aliphatic hydroxyl groups excluding tert-OH is 1. The minimum Gasteiger partial charge on any atom is -0.390 e. The molecule has 1 aliphatic heterocycles. The largest absolute Gasteiger partial charge is 0.490 e. The average Bonchev–Trinajstić information content (AvgIpc) is 2.88. The van der Waals surface area contributed by atoms with Gasteiger partial charge in [-0.25, -0.2) is 23.1 Å². The first-order valence-corrected chi connectivity index (χ1v) is 11.9. The van der Waals surface area contributed by atoms with Gasteiger partial charge in [-0.1, -0.05) is 0 Å². The van der Waals surface area contributed by atoms with E-state index in [2.05, 4.69) is 18.1 Å². The molecule has 7 N–H and O–H groups in total. The molecule has 172 valence electrons. The van der Waals surface area contributed by atoms with E-state index >= 15 is 0 Å². The molecule has 2 unspecified atom stereocenters. The van der Waals surface area contributed by atoms with Crippen molar-refractivity contribution in [3.63, 3.8) is 0 Å². The Labute approximate surface area is 164 Å². The zero-order valence-electron chi connectivity index (χ0n) is 14.2. The maximum atomic E-state index is 14.0. The second-order valence-corrected chi connectivity index (χ2v) is 9.99. The highest BCUT2D eigenvalue weighted by Crippen LogP contribution is 2.66. The van der Waals surface area contributed by atoms with Crippen LogP contribution in [0.3, 0.4) is 0 Å². The van der Waals surface area contributed by atoms with E-state index in [-0.39, 0.29) is 4.57 Å². The Morgan fingerprint density at radius 3 is 2.33 bits per heavy atom. The van der Waals surface area contributed by atoms with Gasteiger partial charge in [-0.2, -0.15) is 22.4 Å². The molecule has 0 bridgehead atoms. The third-order valence-electron chi connectivity index (χ3n) is 3.35. The second-order valence-electron chi connectivity index (χ2n) is 5.57. The molecule has 0 aliphatic carbocycles. The van der Waals surface area contributed by atoms with Gasteiger partial charge in [0.2, 0.25) is 11.8 Å². The molecule has 1 aliphatic rings. The molecule has 0 radical (unpaired) electrons. The van der Waals surface area contributed by atoms with Gasteiger partial charge < -0.3 is 35.2 Å².